The number of imidazole rings is 1. The normalized spacial score (nSPS) is 15.7. The molecule has 10 heteroatoms. The molecule has 1 aliphatic heterocycles. The molecule has 0 atom stereocenters. The van der Waals surface area contributed by atoms with Crippen molar-refractivity contribution in [2.75, 3.05) is 13.1 Å². The van der Waals surface area contributed by atoms with Crippen LogP contribution in [0.2, 0.25) is 0 Å². The number of carbonyl (C=O) groups is 1. The molecule has 3 aromatic heterocycles. The van der Waals surface area contributed by atoms with Crippen LogP contribution >= 0.6 is 0 Å². The first-order valence-corrected chi connectivity index (χ1v) is 10.3. The van der Waals surface area contributed by atoms with Gasteiger partial charge < -0.3 is 14.0 Å². The number of carbonyl (C=O) groups excluding carboxylic acids is 1. The Hall–Kier alpha value is -2.91. The van der Waals surface area contributed by atoms with Crippen molar-refractivity contribution in [3.05, 3.63) is 41.2 Å². The van der Waals surface area contributed by atoms with Crippen LogP contribution in [0.15, 0.2) is 23.0 Å². The monoisotopic (exact) mass is 435 g/mol. The fraction of sp³-hybridized carbons (Fsp3) is 0.524. The molecule has 0 unspecified atom stereocenters. The van der Waals surface area contributed by atoms with Crippen molar-refractivity contribution in [3.8, 4) is 0 Å². The average molecular weight is 435 g/mol. The zero-order chi connectivity index (χ0) is 22.2. The molecule has 0 spiro atoms. The fourth-order valence-electron chi connectivity index (χ4n) is 4.20. The third kappa shape index (κ3) is 4.42. The summed E-state index contributed by atoms with van der Waals surface area (Å²) in [6, 6.07) is 1.03. The number of aromatic nitrogens is 4. The summed E-state index contributed by atoms with van der Waals surface area (Å²) in [4.78, 5) is 22.6. The highest BCUT2D eigenvalue weighted by Crippen LogP contribution is 2.40. The number of piperidine rings is 1. The lowest BCUT2D eigenvalue weighted by molar-refractivity contribution is -0.136. The molecule has 4 heterocycles. The first-order valence-electron chi connectivity index (χ1n) is 10.3. The van der Waals surface area contributed by atoms with E-state index >= 15 is 0 Å². The van der Waals surface area contributed by atoms with Gasteiger partial charge in [0.1, 0.15) is 5.82 Å². The number of pyridine rings is 1. The highest BCUT2D eigenvalue weighted by Gasteiger charge is 2.37. The summed E-state index contributed by atoms with van der Waals surface area (Å²) in [6.07, 6.45) is 1.32. The third-order valence-corrected chi connectivity index (χ3v) is 5.85. The van der Waals surface area contributed by atoms with Crippen LogP contribution in [-0.2, 0) is 17.5 Å². The van der Waals surface area contributed by atoms with E-state index in [9.17, 15) is 18.0 Å². The van der Waals surface area contributed by atoms with Gasteiger partial charge in [-0.05, 0) is 39.2 Å². The molecule has 0 bridgehead atoms. The van der Waals surface area contributed by atoms with Gasteiger partial charge in [-0.15, -0.1) is 0 Å². The summed E-state index contributed by atoms with van der Waals surface area (Å²) in [6.45, 7) is 5.12. The lowest BCUT2D eigenvalue weighted by atomic mass is 9.90. The summed E-state index contributed by atoms with van der Waals surface area (Å²) < 4.78 is 47.9. The van der Waals surface area contributed by atoms with Crippen LogP contribution in [0.4, 0.5) is 13.2 Å². The lowest BCUT2D eigenvalue weighted by Gasteiger charge is -2.31. The fourth-order valence-corrected chi connectivity index (χ4v) is 4.20. The number of fused-ring (bicyclic) bond motifs is 1. The molecule has 4 rings (SSSR count). The van der Waals surface area contributed by atoms with Crippen molar-refractivity contribution in [2.45, 2.75) is 58.2 Å². The lowest BCUT2D eigenvalue weighted by Crippen LogP contribution is -2.38. The van der Waals surface area contributed by atoms with Gasteiger partial charge in [0, 0.05) is 50.1 Å². The number of rotatable bonds is 5. The number of hydrogen-bond donors (Lipinski definition) is 0. The molecule has 1 fully saturated rings. The molecular formula is C21H24F3N5O2. The van der Waals surface area contributed by atoms with Crippen LogP contribution in [-0.4, -0.2) is 43.6 Å². The Morgan fingerprint density at radius 2 is 2.00 bits per heavy atom. The molecule has 31 heavy (non-hydrogen) atoms. The third-order valence-electron chi connectivity index (χ3n) is 5.85. The van der Waals surface area contributed by atoms with Crippen LogP contribution < -0.4 is 0 Å². The molecule has 1 aliphatic rings. The number of alkyl halides is 3. The SMILES string of the molecule is Cc1cc(C(F)(F)F)c2c(C3CCN(C(=O)CCCn4ccnc4C)CC3)noc2n1. The Balaban J connectivity index is 1.40. The van der Waals surface area contributed by atoms with Gasteiger partial charge in [0.15, 0.2) is 0 Å². The summed E-state index contributed by atoms with van der Waals surface area (Å²) >= 11 is 0. The van der Waals surface area contributed by atoms with E-state index < -0.39 is 11.7 Å². The average Bonchev–Trinajstić information content (AvgIpc) is 3.32. The topological polar surface area (TPSA) is 77.0 Å². The second-order valence-corrected chi connectivity index (χ2v) is 7.98. The number of likely N-dealkylation sites (tertiary alicyclic amines) is 1. The van der Waals surface area contributed by atoms with Crippen molar-refractivity contribution in [2.24, 2.45) is 0 Å². The van der Waals surface area contributed by atoms with Crippen molar-refractivity contribution >= 4 is 17.0 Å². The minimum Gasteiger partial charge on any atom is -0.343 e. The molecule has 1 amide bonds. The molecule has 0 saturated carbocycles. The molecule has 0 N–H and O–H groups in total. The number of halogens is 3. The second kappa shape index (κ2) is 8.32. The second-order valence-electron chi connectivity index (χ2n) is 7.98. The summed E-state index contributed by atoms with van der Waals surface area (Å²) in [5.41, 5.74) is -0.332. The standard InChI is InChI=1S/C21H24F3N5O2/c1-13-12-16(21(22,23)24)18-19(27-31-20(18)26-13)15-5-9-29(10-6-15)17(30)4-3-8-28-11-7-25-14(28)2/h7,11-12,15H,3-6,8-10H2,1-2H3. The molecule has 0 aliphatic carbocycles. The van der Waals surface area contributed by atoms with Gasteiger partial charge >= 0.3 is 6.18 Å². The number of nitrogens with zero attached hydrogens (tertiary/aromatic N) is 5. The van der Waals surface area contributed by atoms with Crippen LogP contribution in [0.3, 0.4) is 0 Å². The van der Waals surface area contributed by atoms with Crippen LogP contribution in [0.5, 0.6) is 0 Å². The quantitative estimate of drug-likeness (QED) is 0.599. The van der Waals surface area contributed by atoms with Gasteiger partial charge in [0.05, 0.1) is 16.6 Å². The molecule has 7 nitrogen and oxygen atoms in total. The highest BCUT2D eigenvalue weighted by molar-refractivity contribution is 5.82. The van der Waals surface area contributed by atoms with Gasteiger partial charge in [-0.1, -0.05) is 5.16 Å². The highest BCUT2D eigenvalue weighted by atomic mass is 19.4. The van der Waals surface area contributed by atoms with E-state index in [0.29, 0.717) is 38.8 Å². The van der Waals surface area contributed by atoms with Crippen LogP contribution in [0.25, 0.3) is 11.1 Å². The molecule has 3 aromatic rings. The van der Waals surface area contributed by atoms with E-state index in [4.69, 9.17) is 4.52 Å². The van der Waals surface area contributed by atoms with E-state index in [1.807, 2.05) is 17.7 Å². The maximum atomic E-state index is 13.6. The molecule has 1 saturated heterocycles. The first kappa shape index (κ1) is 21.3. The van der Waals surface area contributed by atoms with E-state index in [0.717, 1.165) is 18.4 Å². The molecule has 0 radical (unpaired) electrons. The summed E-state index contributed by atoms with van der Waals surface area (Å²) in [5.74, 6) is 0.773. The number of aryl methyl sites for hydroxylation is 3. The molecule has 0 aromatic carbocycles. The number of hydrogen-bond acceptors (Lipinski definition) is 5. The Morgan fingerprint density at radius 3 is 2.65 bits per heavy atom. The van der Waals surface area contributed by atoms with Gasteiger partial charge in [-0.3, -0.25) is 4.79 Å². The van der Waals surface area contributed by atoms with E-state index in [1.54, 1.807) is 11.1 Å². The minimum atomic E-state index is -4.52. The Labute approximate surface area is 177 Å². The van der Waals surface area contributed by atoms with E-state index in [-0.39, 0.29) is 34.3 Å². The Kier molecular flexibility index (Phi) is 5.72. The Morgan fingerprint density at radius 1 is 1.26 bits per heavy atom. The zero-order valence-corrected chi connectivity index (χ0v) is 17.4. The van der Waals surface area contributed by atoms with Crippen molar-refractivity contribution < 1.29 is 22.5 Å². The maximum Gasteiger partial charge on any atom is 0.417 e. The first-order chi connectivity index (χ1) is 14.7. The zero-order valence-electron chi connectivity index (χ0n) is 17.4. The minimum absolute atomic E-state index is 0.0569. The van der Waals surface area contributed by atoms with Gasteiger partial charge in [0.25, 0.3) is 5.71 Å². The van der Waals surface area contributed by atoms with Crippen LogP contribution in [0.1, 0.15) is 54.4 Å². The van der Waals surface area contributed by atoms with E-state index in [2.05, 4.69) is 15.1 Å². The van der Waals surface area contributed by atoms with E-state index in [1.165, 1.54) is 6.92 Å². The molecule has 166 valence electrons. The van der Waals surface area contributed by atoms with Crippen molar-refractivity contribution in [1.82, 2.24) is 24.6 Å². The van der Waals surface area contributed by atoms with Gasteiger partial charge in [-0.2, -0.15) is 13.2 Å². The molecular weight excluding hydrogens is 411 g/mol. The summed E-state index contributed by atoms with van der Waals surface area (Å²) in [7, 11) is 0. The largest absolute Gasteiger partial charge is 0.417 e. The van der Waals surface area contributed by atoms with Crippen molar-refractivity contribution in [3.63, 3.8) is 0 Å². The number of amides is 1. The smallest absolute Gasteiger partial charge is 0.343 e. The maximum absolute atomic E-state index is 13.6. The van der Waals surface area contributed by atoms with Gasteiger partial charge in [0.2, 0.25) is 5.91 Å². The van der Waals surface area contributed by atoms with Crippen molar-refractivity contribution in [1.29, 1.82) is 0 Å². The van der Waals surface area contributed by atoms with Crippen LogP contribution in [0, 0.1) is 13.8 Å². The Bertz CT molecular complexity index is 1080. The van der Waals surface area contributed by atoms with Gasteiger partial charge in [-0.25, -0.2) is 9.97 Å². The summed E-state index contributed by atoms with van der Waals surface area (Å²) in [5, 5.41) is 3.88. The predicted octanol–water partition coefficient (Wildman–Crippen LogP) is 4.24. The predicted molar refractivity (Wildman–Crippen MR) is 106 cm³/mol.